The summed E-state index contributed by atoms with van der Waals surface area (Å²) in [6.07, 6.45) is 2.85. The van der Waals surface area contributed by atoms with Crippen molar-refractivity contribution >= 4 is 16.5 Å². The second-order valence-electron chi connectivity index (χ2n) is 5.51. The summed E-state index contributed by atoms with van der Waals surface area (Å²) in [7, 11) is 0. The number of nitrogens with one attached hydrogen (secondary N) is 1. The SMILES string of the molecule is Cc1ccccc1CC(C)(C)NCc1cnc(N)s1. The molecule has 0 saturated carbocycles. The van der Waals surface area contributed by atoms with Gasteiger partial charge in [0.05, 0.1) is 0 Å². The van der Waals surface area contributed by atoms with E-state index < -0.39 is 0 Å². The van der Waals surface area contributed by atoms with Crippen LogP contribution in [0, 0.1) is 6.92 Å². The summed E-state index contributed by atoms with van der Waals surface area (Å²) >= 11 is 1.54. The molecule has 0 bridgehead atoms. The Morgan fingerprint density at radius 3 is 2.68 bits per heavy atom. The molecule has 1 aromatic carbocycles. The lowest BCUT2D eigenvalue weighted by Crippen LogP contribution is -2.40. The van der Waals surface area contributed by atoms with Crippen LogP contribution in [-0.2, 0) is 13.0 Å². The van der Waals surface area contributed by atoms with Crippen LogP contribution in [0.15, 0.2) is 30.5 Å². The maximum atomic E-state index is 5.64. The second-order valence-corrected chi connectivity index (χ2v) is 6.65. The molecule has 3 nitrogen and oxygen atoms in total. The van der Waals surface area contributed by atoms with E-state index in [2.05, 4.69) is 55.3 Å². The fourth-order valence-corrected chi connectivity index (χ4v) is 2.70. The van der Waals surface area contributed by atoms with E-state index in [1.165, 1.54) is 16.0 Å². The monoisotopic (exact) mass is 275 g/mol. The molecule has 2 rings (SSSR count). The van der Waals surface area contributed by atoms with Crippen molar-refractivity contribution in [2.24, 2.45) is 0 Å². The number of nitrogens with two attached hydrogens (primary N) is 1. The minimum Gasteiger partial charge on any atom is -0.375 e. The summed E-state index contributed by atoms with van der Waals surface area (Å²) in [5.74, 6) is 0. The van der Waals surface area contributed by atoms with Crippen molar-refractivity contribution in [3.8, 4) is 0 Å². The van der Waals surface area contributed by atoms with Gasteiger partial charge < -0.3 is 11.1 Å². The van der Waals surface area contributed by atoms with Crippen molar-refractivity contribution in [3.63, 3.8) is 0 Å². The number of benzene rings is 1. The zero-order valence-electron chi connectivity index (χ0n) is 11.7. The maximum Gasteiger partial charge on any atom is 0.180 e. The number of hydrogen-bond donors (Lipinski definition) is 2. The molecule has 0 aliphatic rings. The third kappa shape index (κ3) is 4.04. The van der Waals surface area contributed by atoms with Gasteiger partial charge in [0.1, 0.15) is 0 Å². The molecule has 0 aliphatic carbocycles. The van der Waals surface area contributed by atoms with E-state index in [0.29, 0.717) is 5.13 Å². The van der Waals surface area contributed by atoms with E-state index in [0.717, 1.165) is 13.0 Å². The quantitative estimate of drug-likeness (QED) is 0.881. The lowest BCUT2D eigenvalue weighted by molar-refractivity contribution is 0.385. The van der Waals surface area contributed by atoms with Gasteiger partial charge in [0.15, 0.2) is 5.13 Å². The molecular formula is C15H21N3S. The van der Waals surface area contributed by atoms with Gasteiger partial charge in [-0.2, -0.15) is 0 Å². The smallest absolute Gasteiger partial charge is 0.180 e. The number of nitrogen functional groups attached to an aromatic ring is 1. The van der Waals surface area contributed by atoms with Gasteiger partial charge >= 0.3 is 0 Å². The predicted molar refractivity (Wildman–Crippen MR) is 82.3 cm³/mol. The largest absolute Gasteiger partial charge is 0.375 e. The normalized spacial score (nSPS) is 11.7. The van der Waals surface area contributed by atoms with E-state index in [1.54, 1.807) is 11.3 Å². The maximum absolute atomic E-state index is 5.64. The highest BCUT2D eigenvalue weighted by Crippen LogP contribution is 2.19. The van der Waals surface area contributed by atoms with Crippen LogP contribution in [0.3, 0.4) is 0 Å². The molecule has 0 spiro atoms. The summed E-state index contributed by atoms with van der Waals surface area (Å²) in [6, 6.07) is 8.54. The Labute approximate surface area is 118 Å². The first kappa shape index (κ1) is 14.0. The number of aryl methyl sites for hydroxylation is 1. The Bertz CT molecular complexity index is 546. The summed E-state index contributed by atoms with van der Waals surface area (Å²) in [5, 5.41) is 4.21. The minimum atomic E-state index is 0.0465. The van der Waals surface area contributed by atoms with Crippen molar-refractivity contribution in [1.29, 1.82) is 0 Å². The first-order valence-electron chi connectivity index (χ1n) is 6.46. The number of nitrogens with zero attached hydrogens (tertiary/aromatic N) is 1. The Balaban J connectivity index is 1.97. The molecule has 0 atom stereocenters. The molecule has 3 N–H and O–H groups in total. The lowest BCUT2D eigenvalue weighted by atomic mass is 9.92. The van der Waals surface area contributed by atoms with Gasteiger partial charge in [-0.1, -0.05) is 24.3 Å². The molecule has 1 aromatic heterocycles. The van der Waals surface area contributed by atoms with Gasteiger partial charge in [-0.05, 0) is 38.3 Å². The predicted octanol–water partition coefficient (Wildman–Crippen LogP) is 3.14. The van der Waals surface area contributed by atoms with Crippen LogP contribution in [0.4, 0.5) is 5.13 Å². The van der Waals surface area contributed by atoms with E-state index in [9.17, 15) is 0 Å². The highest BCUT2D eigenvalue weighted by atomic mass is 32.1. The second kappa shape index (κ2) is 5.72. The van der Waals surface area contributed by atoms with E-state index in [-0.39, 0.29) is 5.54 Å². The molecule has 4 heteroatoms. The highest BCUT2D eigenvalue weighted by molar-refractivity contribution is 7.15. The van der Waals surface area contributed by atoms with Crippen LogP contribution < -0.4 is 11.1 Å². The van der Waals surface area contributed by atoms with Gasteiger partial charge in [0.2, 0.25) is 0 Å². The van der Waals surface area contributed by atoms with E-state index in [1.807, 2.05) is 6.20 Å². The molecule has 102 valence electrons. The van der Waals surface area contributed by atoms with Crippen molar-refractivity contribution in [3.05, 3.63) is 46.5 Å². The number of thiazole rings is 1. The molecular weight excluding hydrogens is 254 g/mol. The Morgan fingerprint density at radius 2 is 2.05 bits per heavy atom. The molecule has 0 radical (unpaired) electrons. The fraction of sp³-hybridized carbons (Fsp3) is 0.400. The first-order valence-corrected chi connectivity index (χ1v) is 7.28. The van der Waals surface area contributed by atoms with E-state index in [4.69, 9.17) is 5.73 Å². The van der Waals surface area contributed by atoms with Gasteiger partial charge in [-0.3, -0.25) is 0 Å². The summed E-state index contributed by atoms with van der Waals surface area (Å²) in [5.41, 5.74) is 8.43. The fourth-order valence-electron chi connectivity index (χ4n) is 2.08. The average Bonchev–Trinajstić information content (AvgIpc) is 2.76. The van der Waals surface area contributed by atoms with Crippen LogP contribution in [0.25, 0.3) is 0 Å². The topological polar surface area (TPSA) is 50.9 Å². The van der Waals surface area contributed by atoms with Crippen LogP contribution in [0.1, 0.15) is 29.9 Å². The van der Waals surface area contributed by atoms with Crippen molar-refractivity contribution in [2.45, 2.75) is 39.3 Å². The zero-order chi connectivity index (χ0) is 13.9. The molecule has 0 saturated heterocycles. The van der Waals surface area contributed by atoms with Crippen LogP contribution >= 0.6 is 11.3 Å². The number of hydrogen-bond acceptors (Lipinski definition) is 4. The van der Waals surface area contributed by atoms with Crippen LogP contribution in [0.5, 0.6) is 0 Å². The lowest BCUT2D eigenvalue weighted by Gasteiger charge is -2.27. The number of aromatic nitrogens is 1. The van der Waals surface area contributed by atoms with Crippen LogP contribution in [0.2, 0.25) is 0 Å². The minimum absolute atomic E-state index is 0.0465. The Morgan fingerprint density at radius 1 is 1.32 bits per heavy atom. The van der Waals surface area contributed by atoms with Crippen molar-refractivity contribution < 1.29 is 0 Å². The molecule has 19 heavy (non-hydrogen) atoms. The Kier molecular flexibility index (Phi) is 4.22. The third-order valence-electron chi connectivity index (χ3n) is 3.21. The molecule has 0 fully saturated rings. The average molecular weight is 275 g/mol. The van der Waals surface area contributed by atoms with Gasteiger partial charge in [0.25, 0.3) is 0 Å². The molecule has 2 aromatic rings. The standard InChI is InChI=1S/C15H21N3S/c1-11-6-4-5-7-12(11)8-15(2,3)18-10-13-9-17-14(16)19-13/h4-7,9,18H,8,10H2,1-3H3,(H2,16,17). The van der Waals surface area contributed by atoms with Gasteiger partial charge in [-0.25, -0.2) is 4.98 Å². The summed E-state index contributed by atoms with van der Waals surface area (Å²) in [4.78, 5) is 5.25. The zero-order valence-corrected chi connectivity index (χ0v) is 12.6. The molecule has 0 unspecified atom stereocenters. The Hall–Kier alpha value is -1.39. The van der Waals surface area contributed by atoms with E-state index >= 15 is 0 Å². The van der Waals surface area contributed by atoms with Crippen molar-refractivity contribution in [2.75, 3.05) is 5.73 Å². The molecule has 1 heterocycles. The molecule has 0 aliphatic heterocycles. The van der Waals surface area contributed by atoms with Gasteiger partial charge in [0, 0.05) is 23.2 Å². The summed E-state index contributed by atoms with van der Waals surface area (Å²) < 4.78 is 0. The number of rotatable bonds is 5. The summed E-state index contributed by atoms with van der Waals surface area (Å²) in [6.45, 7) is 7.43. The molecule has 0 amide bonds. The highest BCUT2D eigenvalue weighted by Gasteiger charge is 2.18. The van der Waals surface area contributed by atoms with Crippen molar-refractivity contribution in [1.82, 2.24) is 10.3 Å². The third-order valence-corrected chi connectivity index (χ3v) is 4.03. The van der Waals surface area contributed by atoms with Gasteiger partial charge in [-0.15, -0.1) is 11.3 Å². The first-order chi connectivity index (χ1) is 8.96. The number of anilines is 1. The van der Waals surface area contributed by atoms with Crippen LogP contribution in [-0.4, -0.2) is 10.5 Å².